The summed E-state index contributed by atoms with van der Waals surface area (Å²) in [5.41, 5.74) is 5.38. The summed E-state index contributed by atoms with van der Waals surface area (Å²) in [4.78, 5) is 15.6. The third kappa shape index (κ3) is 3.85. The monoisotopic (exact) mass is 374 g/mol. The molecule has 0 saturated carbocycles. The Balaban J connectivity index is 2.01. The second-order valence-corrected chi connectivity index (χ2v) is 6.22. The molecule has 2 amide bonds. The molecule has 0 bridgehead atoms. The largest absolute Gasteiger partial charge is 0.481 e. The van der Waals surface area contributed by atoms with Gasteiger partial charge in [-0.1, -0.05) is 24.9 Å². The molecule has 0 aliphatic heterocycles. The predicted molar refractivity (Wildman–Crippen MR) is 105 cm³/mol. The third-order valence-corrected chi connectivity index (χ3v) is 4.51. The molecule has 0 saturated heterocycles. The minimum atomic E-state index is -0.486. The second-order valence-electron chi connectivity index (χ2n) is 5.59. The number of hydrogen-bond acceptors (Lipinski definition) is 5. The SMILES string of the molecule is COc1cc(-c2ccc3c(c2NC(=S)NC(=O)NS)CCC3)ccn1. The normalized spacial score (nSPS) is 12.2. The highest BCUT2D eigenvalue weighted by Gasteiger charge is 2.20. The number of nitrogens with one attached hydrogen (secondary N) is 3. The van der Waals surface area contributed by atoms with Crippen LogP contribution in [0.5, 0.6) is 5.88 Å². The summed E-state index contributed by atoms with van der Waals surface area (Å²) < 4.78 is 7.41. The fourth-order valence-corrected chi connectivity index (χ4v) is 3.26. The van der Waals surface area contributed by atoms with E-state index in [1.807, 2.05) is 12.1 Å². The van der Waals surface area contributed by atoms with E-state index >= 15 is 0 Å². The van der Waals surface area contributed by atoms with Gasteiger partial charge in [-0.3, -0.25) is 10.0 Å². The highest BCUT2D eigenvalue weighted by Crippen LogP contribution is 2.38. The van der Waals surface area contributed by atoms with Crippen LogP contribution in [0, 0.1) is 0 Å². The molecule has 0 radical (unpaired) electrons. The first-order valence-electron chi connectivity index (χ1n) is 7.79. The highest BCUT2D eigenvalue weighted by atomic mass is 32.1. The minimum absolute atomic E-state index is 0.217. The molecule has 8 heteroatoms. The van der Waals surface area contributed by atoms with Crippen molar-refractivity contribution in [3.05, 3.63) is 41.6 Å². The topological polar surface area (TPSA) is 75.3 Å². The number of methoxy groups -OCH3 is 1. The zero-order chi connectivity index (χ0) is 17.8. The maximum atomic E-state index is 11.4. The summed E-state index contributed by atoms with van der Waals surface area (Å²) in [6.07, 6.45) is 4.82. The first kappa shape index (κ1) is 17.5. The number of carbonyl (C=O) groups excluding carboxylic acids is 1. The Morgan fingerprint density at radius 1 is 1.32 bits per heavy atom. The molecule has 1 heterocycles. The number of rotatable bonds is 3. The molecular weight excluding hydrogens is 356 g/mol. The summed E-state index contributed by atoms with van der Waals surface area (Å²) in [6.45, 7) is 0. The Labute approximate surface area is 156 Å². The van der Waals surface area contributed by atoms with Crippen LogP contribution >= 0.6 is 25.0 Å². The quantitative estimate of drug-likeness (QED) is 0.491. The number of carbonyl (C=O) groups is 1. The Bertz CT molecular complexity index is 826. The van der Waals surface area contributed by atoms with Crippen molar-refractivity contribution in [2.24, 2.45) is 0 Å². The van der Waals surface area contributed by atoms with Crippen molar-refractivity contribution in [2.75, 3.05) is 12.4 Å². The van der Waals surface area contributed by atoms with Gasteiger partial charge in [0.25, 0.3) is 0 Å². The summed E-state index contributed by atoms with van der Waals surface area (Å²) >= 11 is 8.96. The van der Waals surface area contributed by atoms with E-state index in [4.69, 9.17) is 17.0 Å². The highest BCUT2D eigenvalue weighted by molar-refractivity contribution is 7.80. The van der Waals surface area contributed by atoms with E-state index in [9.17, 15) is 4.79 Å². The summed E-state index contributed by atoms with van der Waals surface area (Å²) in [6, 6.07) is 7.51. The Morgan fingerprint density at radius 2 is 2.16 bits per heavy atom. The van der Waals surface area contributed by atoms with E-state index in [-0.39, 0.29) is 5.11 Å². The molecular formula is C17H18N4O2S2. The van der Waals surface area contributed by atoms with Gasteiger partial charge in [-0.05, 0) is 54.2 Å². The van der Waals surface area contributed by atoms with Crippen molar-refractivity contribution < 1.29 is 9.53 Å². The molecule has 1 aromatic carbocycles. The molecule has 0 fully saturated rings. The van der Waals surface area contributed by atoms with Gasteiger partial charge >= 0.3 is 6.03 Å². The lowest BCUT2D eigenvalue weighted by atomic mass is 9.98. The lowest BCUT2D eigenvalue weighted by Crippen LogP contribution is -2.38. The van der Waals surface area contributed by atoms with Gasteiger partial charge in [-0.2, -0.15) is 0 Å². The van der Waals surface area contributed by atoms with Crippen LogP contribution < -0.4 is 20.1 Å². The van der Waals surface area contributed by atoms with Crippen molar-refractivity contribution in [2.45, 2.75) is 19.3 Å². The van der Waals surface area contributed by atoms with Gasteiger partial charge < -0.3 is 10.1 Å². The van der Waals surface area contributed by atoms with Crippen LogP contribution in [0.25, 0.3) is 11.1 Å². The van der Waals surface area contributed by atoms with E-state index in [0.29, 0.717) is 5.88 Å². The van der Waals surface area contributed by atoms with Crippen LogP contribution in [-0.4, -0.2) is 23.2 Å². The number of hydrogen-bond donors (Lipinski definition) is 4. The predicted octanol–water partition coefficient (Wildman–Crippen LogP) is 3.09. The van der Waals surface area contributed by atoms with Gasteiger partial charge in [-0.25, -0.2) is 9.78 Å². The fraction of sp³-hybridized carbons (Fsp3) is 0.235. The number of thiol groups is 1. The first-order chi connectivity index (χ1) is 12.1. The smallest absolute Gasteiger partial charge is 0.330 e. The molecule has 130 valence electrons. The number of nitrogens with zero attached hydrogens (tertiary/aromatic N) is 1. The molecule has 3 rings (SSSR count). The van der Waals surface area contributed by atoms with Crippen molar-refractivity contribution in [3.8, 4) is 17.0 Å². The average Bonchev–Trinajstić information content (AvgIpc) is 3.11. The Kier molecular flexibility index (Phi) is 5.40. The lowest BCUT2D eigenvalue weighted by Gasteiger charge is -2.18. The molecule has 2 aromatic rings. The zero-order valence-corrected chi connectivity index (χ0v) is 15.3. The number of aromatic nitrogens is 1. The van der Waals surface area contributed by atoms with Gasteiger partial charge in [0.15, 0.2) is 5.11 Å². The van der Waals surface area contributed by atoms with Gasteiger partial charge in [0.05, 0.1) is 12.8 Å². The number of anilines is 1. The molecule has 0 atom stereocenters. The van der Waals surface area contributed by atoms with Crippen LogP contribution in [0.15, 0.2) is 30.5 Å². The molecule has 0 spiro atoms. The summed E-state index contributed by atoms with van der Waals surface area (Å²) in [7, 11) is 1.59. The number of aryl methyl sites for hydroxylation is 1. The van der Waals surface area contributed by atoms with Gasteiger partial charge in [0.1, 0.15) is 0 Å². The summed E-state index contributed by atoms with van der Waals surface area (Å²) in [5.74, 6) is 0.541. The second kappa shape index (κ2) is 7.71. The molecule has 3 N–H and O–H groups in total. The van der Waals surface area contributed by atoms with E-state index in [1.165, 1.54) is 11.1 Å². The van der Waals surface area contributed by atoms with Gasteiger partial charge in [-0.15, -0.1) is 0 Å². The van der Waals surface area contributed by atoms with Crippen LogP contribution in [0.4, 0.5) is 10.5 Å². The minimum Gasteiger partial charge on any atom is -0.481 e. The van der Waals surface area contributed by atoms with Crippen molar-refractivity contribution in [3.63, 3.8) is 0 Å². The number of pyridine rings is 1. The molecule has 6 nitrogen and oxygen atoms in total. The zero-order valence-electron chi connectivity index (χ0n) is 13.6. The summed E-state index contributed by atoms with van der Waals surface area (Å²) in [5, 5.41) is 5.92. The standard InChI is InChI=1S/C17H18N4O2S2/c1-23-14-9-11(7-8-18-14)13-6-5-10-3-2-4-12(10)15(13)19-17(24)20-16(22)21-25/h5-9,25H,2-4H2,1H3,(H3,19,20,21,22,24). The number of urea groups is 1. The van der Waals surface area contributed by atoms with Gasteiger partial charge in [0.2, 0.25) is 5.88 Å². The molecule has 0 unspecified atom stereocenters. The number of thiocarbonyl (C=S) groups is 1. The average molecular weight is 374 g/mol. The number of amides is 2. The molecule has 1 aliphatic rings. The lowest BCUT2D eigenvalue weighted by molar-refractivity contribution is 0.251. The van der Waals surface area contributed by atoms with Crippen molar-refractivity contribution in [1.29, 1.82) is 0 Å². The van der Waals surface area contributed by atoms with Crippen LogP contribution in [-0.2, 0) is 12.8 Å². The first-order valence-corrected chi connectivity index (χ1v) is 8.65. The van der Waals surface area contributed by atoms with Crippen LogP contribution in [0.3, 0.4) is 0 Å². The van der Waals surface area contributed by atoms with Crippen molar-refractivity contribution >= 4 is 41.9 Å². The van der Waals surface area contributed by atoms with Crippen LogP contribution in [0.2, 0.25) is 0 Å². The number of benzene rings is 1. The van der Waals surface area contributed by atoms with E-state index in [1.54, 1.807) is 13.3 Å². The molecule has 25 heavy (non-hydrogen) atoms. The van der Waals surface area contributed by atoms with E-state index in [0.717, 1.165) is 36.1 Å². The molecule has 1 aliphatic carbocycles. The van der Waals surface area contributed by atoms with E-state index in [2.05, 4.69) is 45.3 Å². The third-order valence-electron chi connectivity index (χ3n) is 4.10. The molecule has 1 aromatic heterocycles. The van der Waals surface area contributed by atoms with Gasteiger partial charge in [0, 0.05) is 17.8 Å². The Hall–Kier alpha value is -2.32. The fourth-order valence-electron chi connectivity index (χ4n) is 3.01. The maximum absolute atomic E-state index is 11.4. The number of ether oxygens (including phenoxy) is 1. The van der Waals surface area contributed by atoms with E-state index < -0.39 is 6.03 Å². The Morgan fingerprint density at radius 3 is 2.92 bits per heavy atom. The number of fused-ring (bicyclic) bond motifs is 1. The van der Waals surface area contributed by atoms with Crippen LogP contribution in [0.1, 0.15) is 17.5 Å². The van der Waals surface area contributed by atoms with Crippen molar-refractivity contribution in [1.82, 2.24) is 15.0 Å². The maximum Gasteiger partial charge on any atom is 0.330 e.